The average Bonchev–Trinajstić information content (AvgIpc) is 2.70. The number of sulfonamides is 1. The van der Waals surface area contributed by atoms with Gasteiger partial charge in [-0.05, 0) is 55.5 Å². The van der Waals surface area contributed by atoms with Gasteiger partial charge in [-0.3, -0.25) is 9.52 Å². The zero-order valence-electron chi connectivity index (χ0n) is 15.8. The Hall–Kier alpha value is -2.87. The maximum absolute atomic E-state index is 12.4. The monoisotopic (exact) mass is 461 g/mol. The summed E-state index contributed by atoms with van der Waals surface area (Å²) in [4.78, 5) is 12.4. The molecule has 0 aliphatic rings. The van der Waals surface area contributed by atoms with Gasteiger partial charge in [-0.2, -0.15) is 5.10 Å². The van der Waals surface area contributed by atoms with E-state index in [4.69, 9.17) is 23.2 Å². The fourth-order valence-corrected chi connectivity index (χ4v) is 3.97. The number of hydrazone groups is 1. The molecule has 2 N–H and O–H groups in total. The third kappa shape index (κ3) is 5.60. The van der Waals surface area contributed by atoms with Gasteiger partial charge in [-0.15, -0.1) is 0 Å². The van der Waals surface area contributed by atoms with Gasteiger partial charge in [0.2, 0.25) is 0 Å². The minimum atomic E-state index is -3.71. The summed E-state index contributed by atoms with van der Waals surface area (Å²) in [6.45, 7) is 1.88. The van der Waals surface area contributed by atoms with E-state index in [0.717, 1.165) is 5.56 Å². The number of nitrogens with one attached hydrogen (secondary N) is 2. The summed E-state index contributed by atoms with van der Waals surface area (Å²) >= 11 is 11.9. The fraction of sp³-hybridized carbons (Fsp3) is 0.0476. The van der Waals surface area contributed by atoms with Crippen LogP contribution in [-0.2, 0) is 10.0 Å². The van der Waals surface area contributed by atoms with E-state index < -0.39 is 15.9 Å². The van der Waals surface area contributed by atoms with Gasteiger partial charge in [-0.1, -0.05) is 47.0 Å². The maximum Gasteiger partial charge on any atom is 0.271 e. The predicted octanol–water partition coefficient (Wildman–Crippen LogP) is 4.87. The molecule has 0 radical (unpaired) electrons. The highest BCUT2D eigenvalue weighted by Gasteiger charge is 2.14. The van der Waals surface area contributed by atoms with Crippen LogP contribution in [0.1, 0.15) is 21.5 Å². The number of hydrogen-bond acceptors (Lipinski definition) is 4. The Balaban J connectivity index is 1.64. The summed E-state index contributed by atoms with van der Waals surface area (Å²) in [6.07, 6.45) is 1.40. The van der Waals surface area contributed by atoms with Crippen molar-refractivity contribution in [3.63, 3.8) is 0 Å². The molecule has 0 fully saturated rings. The highest BCUT2D eigenvalue weighted by atomic mass is 35.5. The normalized spacial score (nSPS) is 11.4. The van der Waals surface area contributed by atoms with E-state index in [1.807, 2.05) is 6.92 Å². The van der Waals surface area contributed by atoms with Crippen molar-refractivity contribution in [3.05, 3.63) is 93.5 Å². The number of benzene rings is 3. The summed E-state index contributed by atoms with van der Waals surface area (Å²) in [6, 6.07) is 17.4. The van der Waals surface area contributed by atoms with Crippen molar-refractivity contribution in [2.75, 3.05) is 4.72 Å². The smallest absolute Gasteiger partial charge is 0.271 e. The van der Waals surface area contributed by atoms with Gasteiger partial charge in [0.15, 0.2) is 0 Å². The van der Waals surface area contributed by atoms with Crippen LogP contribution in [0.15, 0.2) is 76.7 Å². The van der Waals surface area contributed by atoms with Crippen LogP contribution in [0, 0.1) is 6.92 Å². The molecule has 0 atom stereocenters. The SMILES string of the molecule is Cc1ccc(S(=O)(=O)Nc2ccc(C(=O)N/N=C/c3ccc(Cl)cc3Cl)cc2)cc1. The second kappa shape index (κ2) is 9.30. The molecule has 3 aromatic carbocycles. The van der Waals surface area contributed by atoms with E-state index in [9.17, 15) is 13.2 Å². The fourth-order valence-electron chi connectivity index (χ4n) is 2.45. The first kappa shape index (κ1) is 21.8. The second-order valence-corrected chi connectivity index (χ2v) is 8.89. The minimum Gasteiger partial charge on any atom is -0.280 e. The zero-order valence-corrected chi connectivity index (χ0v) is 18.1. The van der Waals surface area contributed by atoms with E-state index in [2.05, 4.69) is 15.2 Å². The number of halogens is 2. The largest absolute Gasteiger partial charge is 0.280 e. The molecule has 30 heavy (non-hydrogen) atoms. The van der Waals surface area contributed by atoms with Crippen molar-refractivity contribution < 1.29 is 13.2 Å². The molecule has 0 spiro atoms. The van der Waals surface area contributed by atoms with E-state index in [1.54, 1.807) is 30.3 Å². The molecule has 0 aromatic heterocycles. The number of hydrogen-bond donors (Lipinski definition) is 2. The number of carbonyl (C=O) groups is 1. The summed E-state index contributed by atoms with van der Waals surface area (Å²) in [5, 5.41) is 4.78. The molecule has 0 saturated heterocycles. The van der Waals surface area contributed by atoms with E-state index in [0.29, 0.717) is 26.9 Å². The lowest BCUT2D eigenvalue weighted by atomic mass is 10.2. The molecule has 0 saturated carbocycles. The molecule has 1 amide bonds. The summed E-state index contributed by atoms with van der Waals surface area (Å²) in [5.74, 6) is -0.454. The van der Waals surface area contributed by atoms with Gasteiger partial charge < -0.3 is 0 Å². The number of amides is 1. The van der Waals surface area contributed by atoms with Crippen molar-refractivity contribution in [2.24, 2.45) is 5.10 Å². The molecule has 6 nitrogen and oxygen atoms in total. The van der Waals surface area contributed by atoms with Crippen molar-refractivity contribution in [3.8, 4) is 0 Å². The minimum absolute atomic E-state index is 0.158. The predicted molar refractivity (Wildman–Crippen MR) is 120 cm³/mol. The van der Waals surface area contributed by atoms with E-state index in [1.165, 1.54) is 42.6 Å². The number of carbonyl (C=O) groups excluding carboxylic acids is 1. The molecule has 0 aliphatic carbocycles. The topological polar surface area (TPSA) is 87.6 Å². The molecule has 0 aliphatic heterocycles. The first-order valence-corrected chi connectivity index (χ1v) is 11.0. The highest BCUT2D eigenvalue weighted by Crippen LogP contribution is 2.20. The van der Waals surface area contributed by atoms with Gasteiger partial charge >= 0.3 is 0 Å². The number of rotatable bonds is 6. The standard InChI is InChI=1S/C21H17Cl2N3O3S/c1-14-2-10-19(11-3-14)30(28,29)26-18-8-5-15(6-9-18)21(27)25-24-13-16-4-7-17(22)12-20(16)23/h2-13,26H,1H3,(H,25,27)/b24-13+. The van der Waals surface area contributed by atoms with Crippen LogP contribution in [0.3, 0.4) is 0 Å². The van der Waals surface area contributed by atoms with Crippen LogP contribution < -0.4 is 10.1 Å². The van der Waals surface area contributed by atoms with Crippen molar-refractivity contribution >= 4 is 51.0 Å². The molecule has 0 heterocycles. The lowest BCUT2D eigenvalue weighted by Gasteiger charge is -2.09. The Morgan fingerprint density at radius 3 is 2.27 bits per heavy atom. The van der Waals surface area contributed by atoms with Crippen LogP contribution in [-0.4, -0.2) is 20.5 Å². The second-order valence-electron chi connectivity index (χ2n) is 6.36. The Bertz CT molecular complexity index is 1190. The Kier molecular flexibility index (Phi) is 6.77. The number of aryl methyl sites for hydroxylation is 1. The van der Waals surface area contributed by atoms with Gasteiger partial charge in [0.05, 0.1) is 16.1 Å². The molecule has 0 bridgehead atoms. The van der Waals surface area contributed by atoms with E-state index >= 15 is 0 Å². The first-order valence-electron chi connectivity index (χ1n) is 8.72. The third-order valence-electron chi connectivity index (χ3n) is 4.06. The van der Waals surface area contributed by atoms with Crippen LogP contribution >= 0.6 is 23.2 Å². The van der Waals surface area contributed by atoms with E-state index in [-0.39, 0.29) is 4.90 Å². The van der Waals surface area contributed by atoms with Crippen LogP contribution in [0.2, 0.25) is 10.0 Å². The Morgan fingerprint density at radius 1 is 0.967 bits per heavy atom. The van der Waals surface area contributed by atoms with Crippen molar-refractivity contribution in [1.82, 2.24) is 5.43 Å². The molecular formula is C21H17Cl2N3O3S. The molecule has 9 heteroatoms. The molecule has 3 aromatic rings. The van der Waals surface area contributed by atoms with Crippen LogP contribution in [0.25, 0.3) is 0 Å². The molecule has 0 unspecified atom stereocenters. The average molecular weight is 462 g/mol. The lowest BCUT2D eigenvalue weighted by Crippen LogP contribution is -2.18. The Morgan fingerprint density at radius 2 is 1.63 bits per heavy atom. The van der Waals surface area contributed by atoms with Gasteiger partial charge in [0.25, 0.3) is 15.9 Å². The highest BCUT2D eigenvalue weighted by molar-refractivity contribution is 7.92. The van der Waals surface area contributed by atoms with Crippen LogP contribution in [0.5, 0.6) is 0 Å². The first-order chi connectivity index (χ1) is 14.2. The number of nitrogens with zero attached hydrogens (tertiary/aromatic N) is 1. The van der Waals surface area contributed by atoms with Crippen molar-refractivity contribution in [2.45, 2.75) is 11.8 Å². The summed E-state index contributed by atoms with van der Waals surface area (Å²) in [5.41, 5.74) is 4.60. The van der Waals surface area contributed by atoms with Gasteiger partial charge in [-0.25, -0.2) is 13.8 Å². The molecule has 154 valence electrons. The number of anilines is 1. The van der Waals surface area contributed by atoms with Crippen LogP contribution in [0.4, 0.5) is 5.69 Å². The quantitative estimate of drug-likeness (QED) is 0.405. The van der Waals surface area contributed by atoms with Gasteiger partial charge in [0.1, 0.15) is 0 Å². The zero-order chi connectivity index (χ0) is 21.7. The lowest BCUT2D eigenvalue weighted by molar-refractivity contribution is 0.0955. The molecule has 3 rings (SSSR count). The van der Waals surface area contributed by atoms with Crippen molar-refractivity contribution in [1.29, 1.82) is 0 Å². The molecular weight excluding hydrogens is 445 g/mol. The summed E-state index contributed by atoms with van der Waals surface area (Å²) in [7, 11) is -3.71. The Labute approximate surface area is 184 Å². The summed E-state index contributed by atoms with van der Waals surface area (Å²) < 4.78 is 27.3. The maximum atomic E-state index is 12.4. The third-order valence-corrected chi connectivity index (χ3v) is 6.02. The van der Waals surface area contributed by atoms with Gasteiger partial charge in [0, 0.05) is 21.8 Å².